The molecule has 9 heteroatoms. The summed E-state index contributed by atoms with van der Waals surface area (Å²) in [5, 5.41) is 11.9. The SMILES string of the molecule is CC(C)(O)C1(C(C)(C)C2(c3ccc(C(F)(F)F)cc3)c3ccc(Br)cc3C(=O)N2Cc2ccc(Cl)cn2)CC1. The third kappa shape index (κ3) is 4.13. The lowest BCUT2D eigenvalue weighted by Gasteiger charge is -2.57. The van der Waals surface area contributed by atoms with Gasteiger partial charge in [0.2, 0.25) is 0 Å². The van der Waals surface area contributed by atoms with Gasteiger partial charge in [0.15, 0.2) is 0 Å². The second-order valence-electron chi connectivity index (χ2n) is 11.6. The van der Waals surface area contributed by atoms with Crippen LogP contribution in [0.25, 0.3) is 0 Å². The molecule has 1 atom stereocenters. The first-order valence-corrected chi connectivity index (χ1v) is 13.9. The molecule has 0 bridgehead atoms. The van der Waals surface area contributed by atoms with Gasteiger partial charge in [-0.15, -0.1) is 0 Å². The summed E-state index contributed by atoms with van der Waals surface area (Å²) >= 11 is 9.56. The first-order chi connectivity index (χ1) is 18.1. The highest BCUT2D eigenvalue weighted by molar-refractivity contribution is 9.10. The van der Waals surface area contributed by atoms with Crippen molar-refractivity contribution in [2.24, 2.45) is 10.8 Å². The van der Waals surface area contributed by atoms with Gasteiger partial charge in [0, 0.05) is 27.1 Å². The van der Waals surface area contributed by atoms with Gasteiger partial charge < -0.3 is 10.0 Å². The summed E-state index contributed by atoms with van der Waals surface area (Å²) in [6.45, 7) is 7.67. The van der Waals surface area contributed by atoms with Crippen LogP contribution in [0.3, 0.4) is 0 Å². The van der Waals surface area contributed by atoms with Crippen molar-refractivity contribution in [1.29, 1.82) is 0 Å². The van der Waals surface area contributed by atoms with Crippen LogP contribution in [0.15, 0.2) is 65.3 Å². The molecule has 1 aliphatic heterocycles. The molecule has 1 unspecified atom stereocenters. The van der Waals surface area contributed by atoms with Gasteiger partial charge in [-0.1, -0.05) is 59.6 Å². The molecule has 1 aromatic heterocycles. The number of alkyl halides is 3. The Balaban J connectivity index is 1.84. The first kappa shape index (κ1) is 28.1. The summed E-state index contributed by atoms with van der Waals surface area (Å²) < 4.78 is 41.5. The zero-order chi connectivity index (χ0) is 28.6. The van der Waals surface area contributed by atoms with Crippen molar-refractivity contribution in [2.75, 3.05) is 0 Å². The van der Waals surface area contributed by atoms with E-state index in [0.29, 0.717) is 44.7 Å². The molecule has 2 aliphatic rings. The number of hydrogen-bond acceptors (Lipinski definition) is 3. The molecular weight excluding hydrogens is 593 g/mol. The molecule has 0 radical (unpaired) electrons. The number of carbonyl (C=O) groups excluding carboxylic acids is 1. The standard InChI is InChI=1S/C30H29BrClF3N2O2/c1-26(2,28(13-14-28)27(3,4)39)29(18-5-7-19(8-6-18)30(33,34)35)24-12-9-20(31)15-23(24)25(38)37(29)17-22-11-10-21(32)16-36-22/h5-12,15-16,39H,13-14,17H2,1-4H3. The molecule has 0 spiro atoms. The normalized spacial score (nSPS) is 20.8. The summed E-state index contributed by atoms with van der Waals surface area (Å²) in [6, 6.07) is 14.0. The molecule has 1 aliphatic carbocycles. The predicted molar refractivity (Wildman–Crippen MR) is 147 cm³/mol. The zero-order valence-corrected chi connectivity index (χ0v) is 24.4. The van der Waals surface area contributed by atoms with Crippen molar-refractivity contribution in [2.45, 2.75) is 64.4 Å². The highest BCUT2D eigenvalue weighted by atomic mass is 79.9. The fourth-order valence-electron chi connectivity index (χ4n) is 7.02. The molecule has 2 aromatic carbocycles. The van der Waals surface area contributed by atoms with Gasteiger partial charge in [-0.25, -0.2) is 0 Å². The Morgan fingerprint density at radius 1 is 1.03 bits per heavy atom. The van der Waals surface area contributed by atoms with E-state index >= 15 is 0 Å². The van der Waals surface area contributed by atoms with Crippen LogP contribution >= 0.6 is 27.5 Å². The van der Waals surface area contributed by atoms with Crippen LogP contribution in [0.1, 0.15) is 73.3 Å². The third-order valence-corrected chi connectivity index (χ3v) is 9.73. The number of benzene rings is 2. The Bertz CT molecular complexity index is 1430. The lowest BCUT2D eigenvalue weighted by atomic mass is 9.53. The van der Waals surface area contributed by atoms with E-state index in [-0.39, 0.29) is 12.5 Å². The average Bonchev–Trinajstić information content (AvgIpc) is 3.64. The number of halogens is 5. The Labute approximate surface area is 239 Å². The Hall–Kier alpha value is -2.42. The summed E-state index contributed by atoms with van der Waals surface area (Å²) in [4.78, 5) is 20.4. The number of carbonyl (C=O) groups is 1. The lowest BCUT2D eigenvalue weighted by Crippen LogP contribution is -2.61. The minimum atomic E-state index is -4.51. The van der Waals surface area contributed by atoms with Crippen LogP contribution in [-0.2, 0) is 18.3 Å². The van der Waals surface area contributed by atoms with E-state index in [2.05, 4.69) is 20.9 Å². The van der Waals surface area contributed by atoms with Crippen molar-refractivity contribution < 1.29 is 23.1 Å². The summed E-state index contributed by atoms with van der Waals surface area (Å²) in [7, 11) is 0. The average molecular weight is 622 g/mol. The van der Waals surface area contributed by atoms with Gasteiger partial charge in [0.05, 0.1) is 28.4 Å². The molecule has 39 heavy (non-hydrogen) atoms. The summed E-state index contributed by atoms with van der Waals surface area (Å²) in [6.07, 6.45) is -1.59. The quantitative estimate of drug-likeness (QED) is 0.304. The summed E-state index contributed by atoms with van der Waals surface area (Å²) in [5.41, 5.74) is -2.30. The first-order valence-electron chi connectivity index (χ1n) is 12.7. The molecule has 206 valence electrons. The molecule has 0 saturated heterocycles. The summed E-state index contributed by atoms with van der Waals surface area (Å²) in [5.74, 6) is -0.262. The smallest absolute Gasteiger partial charge is 0.390 e. The van der Waals surface area contributed by atoms with Gasteiger partial charge in [0.25, 0.3) is 5.91 Å². The molecule has 2 heterocycles. The molecule has 5 rings (SSSR count). The number of rotatable bonds is 6. The van der Waals surface area contributed by atoms with Gasteiger partial charge in [0.1, 0.15) is 5.54 Å². The topological polar surface area (TPSA) is 53.4 Å². The molecular formula is C30H29BrClF3N2O2. The number of hydrogen-bond donors (Lipinski definition) is 1. The lowest BCUT2D eigenvalue weighted by molar-refractivity contribution is -0.137. The Morgan fingerprint density at radius 3 is 2.18 bits per heavy atom. The molecule has 4 nitrogen and oxygen atoms in total. The van der Waals surface area contributed by atoms with E-state index in [4.69, 9.17) is 11.6 Å². The van der Waals surface area contributed by atoms with Crippen molar-refractivity contribution in [1.82, 2.24) is 9.88 Å². The highest BCUT2D eigenvalue weighted by Crippen LogP contribution is 2.73. The monoisotopic (exact) mass is 620 g/mol. The van der Waals surface area contributed by atoms with Gasteiger partial charge in [-0.2, -0.15) is 13.2 Å². The van der Waals surface area contributed by atoms with Crippen molar-refractivity contribution in [3.05, 3.63) is 98.2 Å². The highest BCUT2D eigenvalue weighted by Gasteiger charge is 2.73. The number of fused-ring (bicyclic) bond motifs is 1. The second-order valence-corrected chi connectivity index (χ2v) is 13.0. The molecule has 1 N–H and O–H groups in total. The fourth-order valence-corrected chi connectivity index (χ4v) is 7.50. The molecule has 1 saturated carbocycles. The Kier molecular flexibility index (Phi) is 6.52. The number of nitrogens with zero attached hydrogens (tertiary/aromatic N) is 2. The van der Waals surface area contributed by atoms with E-state index in [1.165, 1.54) is 18.3 Å². The number of aliphatic hydroxyl groups is 1. The predicted octanol–water partition coefficient (Wildman–Crippen LogP) is 7.99. The van der Waals surface area contributed by atoms with E-state index in [1.807, 2.05) is 26.0 Å². The Morgan fingerprint density at radius 2 is 1.67 bits per heavy atom. The van der Waals surface area contributed by atoms with Gasteiger partial charge in [-0.3, -0.25) is 9.78 Å². The van der Waals surface area contributed by atoms with E-state index < -0.39 is 33.7 Å². The van der Waals surface area contributed by atoms with E-state index in [9.17, 15) is 23.1 Å². The van der Waals surface area contributed by atoms with Crippen molar-refractivity contribution >= 4 is 33.4 Å². The second kappa shape index (κ2) is 9.05. The van der Waals surface area contributed by atoms with E-state index in [1.54, 1.807) is 36.9 Å². The third-order valence-electron chi connectivity index (χ3n) is 9.01. The zero-order valence-electron chi connectivity index (χ0n) is 22.0. The van der Waals surface area contributed by atoms with E-state index in [0.717, 1.165) is 12.1 Å². The minimum Gasteiger partial charge on any atom is -0.390 e. The molecule has 1 amide bonds. The maximum absolute atomic E-state index is 14.3. The van der Waals surface area contributed by atoms with Crippen molar-refractivity contribution in [3.8, 4) is 0 Å². The van der Waals surface area contributed by atoms with Crippen LogP contribution in [-0.4, -0.2) is 26.5 Å². The van der Waals surface area contributed by atoms with Crippen LogP contribution in [0.5, 0.6) is 0 Å². The molecule has 1 fully saturated rings. The van der Waals surface area contributed by atoms with Crippen LogP contribution in [0.2, 0.25) is 5.02 Å². The number of amides is 1. The van der Waals surface area contributed by atoms with Gasteiger partial charge >= 0.3 is 6.18 Å². The molecule has 3 aromatic rings. The van der Waals surface area contributed by atoms with Crippen LogP contribution < -0.4 is 0 Å². The van der Waals surface area contributed by atoms with Crippen LogP contribution in [0.4, 0.5) is 13.2 Å². The van der Waals surface area contributed by atoms with Crippen molar-refractivity contribution in [3.63, 3.8) is 0 Å². The van der Waals surface area contributed by atoms with Crippen LogP contribution in [0, 0.1) is 10.8 Å². The maximum atomic E-state index is 14.3. The number of aromatic nitrogens is 1. The minimum absolute atomic E-state index is 0.0920. The largest absolute Gasteiger partial charge is 0.416 e. The number of pyridine rings is 1. The van der Waals surface area contributed by atoms with Gasteiger partial charge in [-0.05, 0) is 74.2 Å². The maximum Gasteiger partial charge on any atom is 0.416 e. The fraction of sp³-hybridized carbons (Fsp3) is 0.400.